The number of hydroxylamine groups is 1. The summed E-state index contributed by atoms with van der Waals surface area (Å²) in [6, 6.07) is 0. The van der Waals surface area contributed by atoms with E-state index < -0.39 is 27.0 Å². The van der Waals surface area contributed by atoms with E-state index in [-0.39, 0.29) is 17.1 Å². The van der Waals surface area contributed by atoms with Crippen LogP contribution >= 0.6 is 0 Å². The molecule has 0 aromatic rings. The molecule has 4 aliphatic rings. The van der Waals surface area contributed by atoms with Crippen molar-refractivity contribution >= 4 is 10.0 Å². The molecule has 0 amide bonds. The molecule has 0 aromatic heterocycles. The van der Waals surface area contributed by atoms with Gasteiger partial charge < -0.3 is 9.47 Å². The molecule has 6 nitrogen and oxygen atoms in total. The van der Waals surface area contributed by atoms with E-state index in [1.165, 1.54) is 0 Å². The second kappa shape index (κ2) is 2.87. The number of sulfonamides is 1. The maximum atomic E-state index is 12.3. The number of methoxy groups -OCH3 is 2. The third kappa shape index (κ3) is 0.861. The molecule has 19 heavy (non-hydrogen) atoms. The molecule has 2 saturated heterocycles. The molecule has 108 valence electrons. The molecule has 2 heterocycles. The fourth-order valence-corrected chi connectivity index (χ4v) is 7.79. The number of fused-ring (bicyclic) bond motifs is 1. The van der Waals surface area contributed by atoms with E-state index in [4.69, 9.17) is 14.3 Å². The monoisotopic (exact) mass is 289 g/mol. The van der Waals surface area contributed by atoms with Gasteiger partial charge >= 0.3 is 0 Å². The van der Waals surface area contributed by atoms with Gasteiger partial charge in [0.2, 0.25) is 21.5 Å². The van der Waals surface area contributed by atoms with Crippen LogP contribution in [0.5, 0.6) is 0 Å². The molecule has 2 spiro atoms. The Labute approximate surface area is 113 Å². The van der Waals surface area contributed by atoms with Gasteiger partial charge in [-0.2, -0.15) is 0 Å². The summed E-state index contributed by atoms with van der Waals surface area (Å²) in [6.07, 6.45) is 1.75. The Morgan fingerprint density at radius 1 is 1.26 bits per heavy atom. The molecule has 4 fully saturated rings. The lowest BCUT2D eigenvalue weighted by atomic mass is 9.68. The zero-order chi connectivity index (χ0) is 13.9. The van der Waals surface area contributed by atoms with Crippen molar-refractivity contribution in [2.24, 2.45) is 16.7 Å². The number of rotatable bonds is 2. The molecule has 7 heteroatoms. The van der Waals surface area contributed by atoms with Gasteiger partial charge in [-0.25, -0.2) is 13.3 Å². The molecule has 4 atom stereocenters. The molecular weight excluding hydrogens is 270 g/mol. The van der Waals surface area contributed by atoms with Crippen LogP contribution < -0.4 is 0 Å². The minimum absolute atomic E-state index is 0.135. The first-order chi connectivity index (χ1) is 8.76. The Balaban J connectivity index is 2.03. The summed E-state index contributed by atoms with van der Waals surface area (Å²) in [6.45, 7) is 4.24. The van der Waals surface area contributed by atoms with Gasteiger partial charge in [-0.1, -0.05) is 13.8 Å². The fourth-order valence-electron chi connectivity index (χ4n) is 5.42. The van der Waals surface area contributed by atoms with Crippen molar-refractivity contribution in [3.05, 3.63) is 0 Å². The lowest BCUT2D eigenvalue weighted by Crippen LogP contribution is -2.57. The van der Waals surface area contributed by atoms with Crippen LogP contribution in [0.1, 0.15) is 26.7 Å². The van der Waals surface area contributed by atoms with E-state index >= 15 is 0 Å². The van der Waals surface area contributed by atoms with Crippen LogP contribution in [0.15, 0.2) is 0 Å². The lowest BCUT2D eigenvalue weighted by Gasteiger charge is -2.40. The van der Waals surface area contributed by atoms with E-state index in [2.05, 4.69) is 13.8 Å². The molecule has 2 aliphatic heterocycles. The van der Waals surface area contributed by atoms with Gasteiger partial charge in [0.25, 0.3) is 0 Å². The summed E-state index contributed by atoms with van der Waals surface area (Å²) in [5.74, 6) is -0.716. The first-order valence-corrected chi connectivity index (χ1v) is 8.19. The molecule has 2 aliphatic carbocycles. The molecule has 0 N–H and O–H groups in total. The predicted molar refractivity (Wildman–Crippen MR) is 65.1 cm³/mol. The molecule has 4 unspecified atom stereocenters. The first-order valence-electron chi connectivity index (χ1n) is 6.58. The Kier molecular flexibility index (Phi) is 1.89. The average Bonchev–Trinajstić information content (AvgIpc) is 2.96. The van der Waals surface area contributed by atoms with Gasteiger partial charge in [0, 0.05) is 25.6 Å². The van der Waals surface area contributed by atoms with Crippen molar-refractivity contribution in [2.75, 3.05) is 20.0 Å². The van der Waals surface area contributed by atoms with Crippen molar-refractivity contribution in [3.8, 4) is 0 Å². The van der Waals surface area contributed by atoms with Gasteiger partial charge in [-0.15, -0.1) is 0 Å². The Morgan fingerprint density at radius 3 is 2.42 bits per heavy atom. The average molecular weight is 289 g/mol. The quantitative estimate of drug-likeness (QED) is 0.553. The van der Waals surface area contributed by atoms with Gasteiger partial charge in [-0.05, 0) is 22.7 Å². The highest BCUT2D eigenvalue weighted by molar-refractivity contribution is 7.89. The van der Waals surface area contributed by atoms with E-state index in [1.54, 1.807) is 14.2 Å². The highest BCUT2D eigenvalue weighted by Crippen LogP contribution is 2.83. The topological polar surface area (TPSA) is 68.1 Å². The zero-order valence-corrected chi connectivity index (χ0v) is 12.4. The summed E-state index contributed by atoms with van der Waals surface area (Å²) < 4.78 is 37.2. The van der Waals surface area contributed by atoms with Crippen LogP contribution in [0.3, 0.4) is 0 Å². The fraction of sp³-hybridized carbons (Fsp3) is 1.00. The van der Waals surface area contributed by atoms with Crippen molar-refractivity contribution in [3.63, 3.8) is 0 Å². The standard InChI is InChI=1S/C12H19NO5S/c1-9(2)8-5-6-10(9)7-19(14,15)13-12(10,18-13)11(8,16-3)17-4/h8H,5-7H2,1-4H3. The Bertz CT molecular complexity index is 569. The maximum absolute atomic E-state index is 12.3. The summed E-state index contributed by atoms with van der Waals surface area (Å²) in [7, 11) is -0.221. The van der Waals surface area contributed by atoms with Crippen molar-refractivity contribution in [1.29, 1.82) is 0 Å². The smallest absolute Gasteiger partial charge is 0.242 e. The second-order valence-corrected chi connectivity index (χ2v) is 8.47. The zero-order valence-electron chi connectivity index (χ0n) is 11.6. The number of ether oxygens (including phenoxy) is 2. The van der Waals surface area contributed by atoms with E-state index in [9.17, 15) is 8.42 Å². The van der Waals surface area contributed by atoms with Gasteiger partial charge in [0.15, 0.2) is 0 Å². The highest BCUT2D eigenvalue weighted by Gasteiger charge is 2.98. The van der Waals surface area contributed by atoms with Crippen LogP contribution in [0.25, 0.3) is 0 Å². The minimum atomic E-state index is -3.37. The van der Waals surface area contributed by atoms with Crippen LogP contribution in [-0.4, -0.2) is 44.4 Å². The SMILES string of the molecule is COC1(OC)C2CCC3(CS(=O)(=O)N4OC413)C2(C)C. The Morgan fingerprint density at radius 2 is 1.89 bits per heavy atom. The van der Waals surface area contributed by atoms with Crippen LogP contribution in [0.4, 0.5) is 0 Å². The predicted octanol–water partition coefficient (Wildman–Crippen LogP) is 0.699. The summed E-state index contributed by atoms with van der Waals surface area (Å²) in [5.41, 5.74) is -1.58. The lowest BCUT2D eigenvalue weighted by molar-refractivity contribution is -0.277. The highest BCUT2D eigenvalue weighted by atomic mass is 32.2. The molecule has 2 saturated carbocycles. The molecule has 4 rings (SSSR count). The van der Waals surface area contributed by atoms with E-state index in [0.29, 0.717) is 0 Å². The van der Waals surface area contributed by atoms with Gasteiger partial charge in [-0.3, -0.25) is 0 Å². The van der Waals surface area contributed by atoms with Crippen molar-refractivity contribution < 1.29 is 22.7 Å². The maximum Gasteiger partial charge on any atom is 0.242 e. The second-order valence-electron chi connectivity index (χ2n) is 6.69. The Hall–Kier alpha value is -0.210. The molecule has 0 radical (unpaired) electrons. The molecule has 2 bridgehead atoms. The largest absolute Gasteiger partial charge is 0.349 e. The van der Waals surface area contributed by atoms with E-state index in [0.717, 1.165) is 17.3 Å². The number of hydrogen-bond donors (Lipinski definition) is 0. The summed E-state index contributed by atoms with van der Waals surface area (Å²) in [4.78, 5) is 5.63. The van der Waals surface area contributed by atoms with Crippen LogP contribution in [-0.2, 0) is 24.3 Å². The van der Waals surface area contributed by atoms with E-state index in [1.807, 2.05) is 0 Å². The molecular formula is C12H19NO5S. The summed E-state index contributed by atoms with van der Waals surface area (Å²) >= 11 is 0. The summed E-state index contributed by atoms with van der Waals surface area (Å²) in [5, 5.41) is 0. The third-order valence-corrected chi connectivity index (χ3v) is 7.97. The minimum Gasteiger partial charge on any atom is -0.349 e. The van der Waals surface area contributed by atoms with Gasteiger partial charge in [0.1, 0.15) is 0 Å². The molecule has 0 aromatic carbocycles. The number of nitrogens with zero attached hydrogens (tertiary/aromatic N) is 1. The van der Waals surface area contributed by atoms with Crippen molar-refractivity contribution in [2.45, 2.75) is 38.2 Å². The van der Waals surface area contributed by atoms with Crippen LogP contribution in [0.2, 0.25) is 0 Å². The van der Waals surface area contributed by atoms with Crippen molar-refractivity contribution in [1.82, 2.24) is 4.47 Å². The van der Waals surface area contributed by atoms with Crippen LogP contribution in [0, 0.1) is 16.7 Å². The normalized spacial score (nSPS) is 53.9. The first kappa shape index (κ1) is 12.5. The van der Waals surface area contributed by atoms with Gasteiger partial charge in [0.05, 0.1) is 5.75 Å². The number of hydrogen-bond acceptors (Lipinski definition) is 5. The third-order valence-electron chi connectivity index (χ3n) is 6.27.